The van der Waals surface area contributed by atoms with Crippen molar-refractivity contribution in [3.8, 4) is 0 Å². The number of rotatable bonds is 6. The molecule has 0 saturated heterocycles. The molecule has 0 saturated carbocycles. The Hall–Kier alpha value is -0.692. The van der Waals surface area contributed by atoms with Crippen molar-refractivity contribution in [2.24, 2.45) is 0 Å². The number of benzene rings is 2. The van der Waals surface area contributed by atoms with Gasteiger partial charge in [-0.25, -0.2) is 0 Å². The van der Waals surface area contributed by atoms with Crippen LogP contribution in [0, 0.1) is 0 Å². The highest BCUT2D eigenvalue weighted by molar-refractivity contribution is 7.56. The van der Waals surface area contributed by atoms with Crippen LogP contribution in [0.15, 0.2) is 60.7 Å². The van der Waals surface area contributed by atoms with E-state index in [1.807, 2.05) is 0 Å². The molecule has 2 aromatic rings. The van der Waals surface area contributed by atoms with Gasteiger partial charge in [-0.15, -0.1) is 0 Å². The van der Waals surface area contributed by atoms with Crippen molar-refractivity contribution in [1.82, 2.24) is 0 Å². The van der Waals surface area contributed by atoms with Crippen LogP contribution in [-0.4, -0.2) is 31.3 Å². The van der Waals surface area contributed by atoms with E-state index in [1.54, 1.807) is 10.4 Å². The summed E-state index contributed by atoms with van der Waals surface area (Å²) < 4.78 is 0. The first kappa shape index (κ1) is 21.6. The van der Waals surface area contributed by atoms with Crippen LogP contribution in [0.4, 0.5) is 0 Å². The van der Waals surface area contributed by atoms with Gasteiger partial charge in [-0.3, -0.25) is 0 Å². The summed E-state index contributed by atoms with van der Waals surface area (Å²) in [6.45, 7) is 23.8. The van der Waals surface area contributed by atoms with E-state index < -0.39 is 31.3 Å². The van der Waals surface area contributed by atoms with Gasteiger partial charge in [-0.05, 0) is 4.79 Å². The van der Waals surface area contributed by atoms with Crippen molar-refractivity contribution in [2.45, 2.75) is 63.7 Å². The molecule has 2 aromatic carbocycles. The highest BCUT2D eigenvalue weighted by Crippen LogP contribution is 2.43. The van der Waals surface area contributed by atoms with Crippen LogP contribution >= 0.6 is 0 Å². The first-order chi connectivity index (χ1) is 11.8. The zero-order valence-corrected chi connectivity index (χ0v) is 22.4. The summed E-state index contributed by atoms with van der Waals surface area (Å²) in [7, 11) is -6.13. The van der Waals surface area contributed by atoms with Crippen LogP contribution in [0.25, 0.3) is 0 Å². The Morgan fingerprint density at radius 2 is 0.808 bits per heavy atom. The molecule has 142 valence electrons. The third-order valence-corrected chi connectivity index (χ3v) is 39.4. The molecule has 0 N–H and O–H groups in total. The predicted molar refractivity (Wildman–Crippen MR) is 132 cm³/mol. The lowest BCUT2D eigenvalue weighted by Gasteiger charge is -2.56. The van der Waals surface area contributed by atoms with Gasteiger partial charge >= 0.3 is 0 Å². The highest BCUT2D eigenvalue weighted by atomic mass is 29.3. The van der Waals surface area contributed by atoms with E-state index in [2.05, 4.69) is 120 Å². The van der Waals surface area contributed by atoms with E-state index in [0.29, 0.717) is 0 Å². The fourth-order valence-electron chi connectivity index (χ4n) is 5.80. The van der Waals surface area contributed by atoms with Crippen LogP contribution in [0.1, 0.15) is 0 Å². The van der Waals surface area contributed by atoms with Crippen LogP contribution < -0.4 is 10.4 Å². The van der Waals surface area contributed by atoms with Gasteiger partial charge in [0.05, 0.1) is 0 Å². The first-order valence-electron chi connectivity index (χ1n) is 9.94. The molecule has 0 heterocycles. The minimum absolute atomic E-state index is 0.930. The summed E-state index contributed by atoms with van der Waals surface area (Å²) in [5, 5.41) is 3.39. The lowest BCUT2D eigenvalue weighted by Crippen LogP contribution is -2.81. The van der Waals surface area contributed by atoms with E-state index >= 15 is 0 Å². The molecular weight excluding hydrogens is 377 g/mol. The molecule has 0 aromatic heterocycles. The molecule has 26 heavy (non-hydrogen) atoms. The SMILES string of the molecule is C[Si](C)(C)C([Si](C)(C)C)[Si](c1ccccc1)(c1ccccc1)[Si](C)(C)C. The van der Waals surface area contributed by atoms with Gasteiger partial charge in [0, 0.05) is 23.7 Å². The molecule has 0 amide bonds. The maximum atomic E-state index is 2.66. The van der Waals surface area contributed by atoms with Crippen molar-refractivity contribution in [3.05, 3.63) is 60.7 Å². The van der Waals surface area contributed by atoms with Crippen LogP contribution in [0.5, 0.6) is 0 Å². The summed E-state index contributed by atoms with van der Waals surface area (Å²) in [5.74, 6) is 0. The van der Waals surface area contributed by atoms with Crippen LogP contribution in [0.2, 0.25) is 63.7 Å². The van der Waals surface area contributed by atoms with Crippen molar-refractivity contribution < 1.29 is 0 Å². The molecule has 2 rings (SSSR count). The molecule has 0 aliphatic heterocycles. The second kappa shape index (κ2) is 7.38. The zero-order chi connectivity index (χ0) is 19.8. The Kier molecular flexibility index (Phi) is 6.13. The molecule has 0 bridgehead atoms. The van der Waals surface area contributed by atoms with Crippen molar-refractivity contribution in [3.63, 3.8) is 0 Å². The van der Waals surface area contributed by atoms with Crippen molar-refractivity contribution in [2.75, 3.05) is 0 Å². The monoisotopic (exact) mass is 414 g/mol. The smallest absolute Gasteiger partial charge is 0.0709 e. The lowest BCUT2D eigenvalue weighted by atomic mass is 10.4. The molecule has 0 atom stereocenters. The molecule has 0 aliphatic rings. The van der Waals surface area contributed by atoms with Gasteiger partial charge in [-0.2, -0.15) is 0 Å². The first-order valence-corrected chi connectivity index (χ1v) is 23.7. The average Bonchev–Trinajstić information content (AvgIpc) is 2.50. The summed E-state index contributed by atoms with van der Waals surface area (Å²) in [6, 6.07) is 23.4. The second-order valence-corrected chi connectivity index (χ2v) is 38.0. The Bertz CT molecular complexity index is 650. The zero-order valence-electron chi connectivity index (χ0n) is 18.4. The molecular formula is C22H38Si4. The van der Waals surface area contributed by atoms with Gasteiger partial charge in [0.1, 0.15) is 7.59 Å². The third kappa shape index (κ3) is 3.93. The van der Waals surface area contributed by atoms with Crippen LogP contribution in [-0.2, 0) is 0 Å². The van der Waals surface area contributed by atoms with Gasteiger partial charge < -0.3 is 0 Å². The summed E-state index contributed by atoms with van der Waals surface area (Å²) in [6.07, 6.45) is 0. The topological polar surface area (TPSA) is 0 Å². The maximum absolute atomic E-state index is 2.66. The average molecular weight is 415 g/mol. The minimum Gasteiger partial charge on any atom is -0.0709 e. The normalized spacial score (nSPS) is 13.9. The van der Waals surface area contributed by atoms with Crippen molar-refractivity contribution in [1.29, 1.82) is 0 Å². The van der Waals surface area contributed by atoms with Gasteiger partial charge in [0.25, 0.3) is 0 Å². The molecule has 0 spiro atoms. The highest BCUT2D eigenvalue weighted by Gasteiger charge is 2.60. The fraction of sp³-hybridized carbons (Fsp3) is 0.455. The van der Waals surface area contributed by atoms with Crippen molar-refractivity contribution >= 4 is 41.7 Å². The van der Waals surface area contributed by atoms with E-state index in [1.165, 1.54) is 0 Å². The number of hydrogen-bond acceptors (Lipinski definition) is 0. The van der Waals surface area contributed by atoms with E-state index in [-0.39, 0.29) is 0 Å². The Morgan fingerprint density at radius 3 is 1.04 bits per heavy atom. The number of hydrogen-bond donors (Lipinski definition) is 0. The quantitative estimate of drug-likeness (QED) is 0.525. The lowest BCUT2D eigenvalue weighted by molar-refractivity contribution is 1.38. The summed E-state index contributed by atoms with van der Waals surface area (Å²) >= 11 is 0. The van der Waals surface area contributed by atoms with Crippen LogP contribution in [0.3, 0.4) is 0 Å². The Balaban J connectivity index is 3.02. The molecule has 0 nitrogen and oxygen atoms in total. The van der Waals surface area contributed by atoms with Gasteiger partial charge in [-0.1, -0.05) is 130 Å². The van der Waals surface area contributed by atoms with E-state index in [4.69, 9.17) is 0 Å². The van der Waals surface area contributed by atoms with E-state index in [9.17, 15) is 0 Å². The fourth-order valence-corrected chi connectivity index (χ4v) is 58.0. The summed E-state index contributed by atoms with van der Waals surface area (Å²) in [5.41, 5.74) is 0. The van der Waals surface area contributed by atoms with Gasteiger partial charge in [0.15, 0.2) is 0 Å². The Morgan fingerprint density at radius 1 is 0.500 bits per heavy atom. The molecule has 4 heteroatoms. The van der Waals surface area contributed by atoms with Gasteiger partial charge in [0.2, 0.25) is 0 Å². The Labute approximate surface area is 165 Å². The minimum atomic E-state index is -1.89. The molecule has 0 aliphatic carbocycles. The predicted octanol–water partition coefficient (Wildman–Crippen LogP) is 5.79. The molecule has 0 unspecified atom stereocenters. The standard InChI is InChI=1S/C22H38Si4/c1-23(2,3)22(24(4,5)6)26(25(7,8)9,20-16-12-10-13-17-20)21-18-14-11-15-19-21/h10-19,22H,1-9H3. The van der Waals surface area contributed by atoms with E-state index in [0.717, 1.165) is 4.79 Å². The molecule has 0 fully saturated rings. The third-order valence-electron chi connectivity index (χ3n) is 5.81. The largest absolute Gasteiger partial charge is 0.108 e. The summed E-state index contributed by atoms with van der Waals surface area (Å²) in [4.78, 5) is 0.930. The maximum Gasteiger partial charge on any atom is 0.108 e. The second-order valence-electron chi connectivity index (χ2n) is 11.0. The molecule has 0 radical (unpaired) electrons.